The van der Waals surface area contributed by atoms with Gasteiger partial charge >= 0.3 is 12.1 Å². The molecule has 1 heterocycles. The van der Waals surface area contributed by atoms with Crippen LogP contribution in [0, 0.1) is 0 Å². The van der Waals surface area contributed by atoms with Gasteiger partial charge in [0.1, 0.15) is 0 Å². The topological polar surface area (TPSA) is 75.1 Å². The van der Waals surface area contributed by atoms with E-state index < -0.39 is 29.7 Å². The van der Waals surface area contributed by atoms with Gasteiger partial charge in [-0.15, -0.1) is 0 Å². The van der Waals surface area contributed by atoms with E-state index >= 15 is 0 Å². The van der Waals surface area contributed by atoms with E-state index in [9.17, 15) is 22.8 Å². The van der Waals surface area contributed by atoms with Crippen molar-refractivity contribution in [1.82, 2.24) is 9.78 Å². The summed E-state index contributed by atoms with van der Waals surface area (Å²) in [5.41, 5.74) is -0.683. The highest BCUT2D eigenvalue weighted by Gasteiger charge is 2.29. The number of H-pyrrole nitrogens is 1. The van der Waals surface area contributed by atoms with Crippen LogP contribution in [0.2, 0.25) is 0 Å². The molecule has 0 fully saturated rings. The Morgan fingerprint density at radius 1 is 1.24 bits per heavy atom. The molecule has 0 atom stereocenters. The third-order valence-electron chi connectivity index (χ3n) is 2.88. The minimum atomic E-state index is -4.41. The van der Waals surface area contributed by atoms with Crippen LogP contribution in [-0.4, -0.2) is 20.9 Å². The van der Waals surface area contributed by atoms with E-state index in [0.29, 0.717) is 5.56 Å². The van der Waals surface area contributed by atoms with Crippen molar-refractivity contribution in [3.63, 3.8) is 0 Å². The first-order valence-electron chi connectivity index (χ1n) is 5.92. The number of aromatic nitrogens is 2. The Hall–Kier alpha value is -2.51. The fourth-order valence-corrected chi connectivity index (χ4v) is 1.84. The highest BCUT2D eigenvalue weighted by atomic mass is 19.4. The molecule has 1 aromatic heterocycles. The molecule has 0 aliphatic carbocycles. The van der Waals surface area contributed by atoms with E-state index in [0.717, 1.165) is 16.8 Å². The number of rotatable bonds is 4. The molecule has 0 bridgehead atoms. The van der Waals surface area contributed by atoms with E-state index in [1.807, 2.05) is 0 Å². The fraction of sp³-hybridized carbons (Fsp3) is 0.231. The first-order valence-corrected chi connectivity index (χ1v) is 5.92. The Morgan fingerprint density at radius 2 is 1.86 bits per heavy atom. The first kappa shape index (κ1) is 14.9. The summed E-state index contributed by atoms with van der Waals surface area (Å²) >= 11 is 0. The molecule has 2 rings (SSSR count). The second-order valence-corrected chi connectivity index (χ2v) is 4.46. The summed E-state index contributed by atoms with van der Waals surface area (Å²) in [6.07, 6.45) is -3.54. The van der Waals surface area contributed by atoms with Crippen molar-refractivity contribution in [3.8, 4) is 0 Å². The average molecular weight is 300 g/mol. The summed E-state index contributed by atoms with van der Waals surface area (Å²) in [5.74, 6) is -1.13. The first-order chi connectivity index (χ1) is 9.77. The van der Waals surface area contributed by atoms with Crippen molar-refractivity contribution in [1.29, 1.82) is 0 Å². The molecule has 5 nitrogen and oxygen atoms in total. The van der Waals surface area contributed by atoms with Gasteiger partial charge in [-0.1, -0.05) is 12.1 Å². The molecular weight excluding hydrogens is 289 g/mol. The van der Waals surface area contributed by atoms with Crippen LogP contribution in [0.1, 0.15) is 16.7 Å². The maximum absolute atomic E-state index is 12.4. The molecule has 0 aliphatic heterocycles. The lowest BCUT2D eigenvalue weighted by Crippen LogP contribution is -2.21. The lowest BCUT2D eigenvalue weighted by molar-refractivity contribution is -0.138. The smallest absolute Gasteiger partial charge is 0.416 e. The lowest BCUT2D eigenvalue weighted by atomic mass is 10.1. The molecule has 21 heavy (non-hydrogen) atoms. The van der Waals surface area contributed by atoms with Gasteiger partial charge in [0.25, 0.3) is 5.56 Å². The Kier molecular flexibility index (Phi) is 3.88. The predicted molar refractivity (Wildman–Crippen MR) is 66.9 cm³/mol. The van der Waals surface area contributed by atoms with Crippen LogP contribution in [-0.2, 0) is 23.9 Å². The highest BCUT2D eigenvalue weighted by molar-refractivity contribution is 5.69. The standard InChI is InChI=1S/C13H11F3N2O3/c14-13(15,16)10-3-1-8(2-4-10)7-18-12(21)9(6-17-18)5-11(19)20/h1-4,6,17H,5,7H2,(H,19,20). The van der Waals surface area contributed by atoms with Gasteiger partial charge in [0, 0.05) is 11.8 Å². The number of nitrogens with one attached hydrogen (secondary N) is 1. The Bertz CT molecular complexity index is 699. The number of carboxylic acids is 1. The Morgan fingerprint density at radius 3 is 2.38 bits per heavy atom. The molecule has 0 saturated heterocycles. The van der Waals surface area contributed by atoms with Crippen LogP contribution in [0.15, 0.2) is 35.3 Å². The van der Waals surface area contributed by atoms with Gasteiger partial charge in [-0.05, 0) is 17.7 Å². The number of aliphatic carboxylic acids is 1. The maximum Gasteiger partial charge on any atom is 0.416 e. The van der Waals surface area contributed by atoms with E-state index in [1.54, 1.807) is 0 Å². The molecule has 0 amide bonds. The van der Waals surface area contributed by atoms with Crippen molar-refractivity contribution < 1.29 is 23.1 Å². The summed E-state index contributed by atoms with van der Waals surface area (Å²) in [6.45, 7) is 0.0383. The summed E-state index contributed by atoms with van der Waals surface area (Å²) in [4.78, 5) is 22.4. The van der Waals surface area contributed by atoms with Crippen molar-refractivity contribution in [2.24, 2.45) is 0 Å². The summed E-state index contributed by atoms with van der Waals surface area (Å²) in [5, 5.41) is 11.2. The molecule has 0 saturated carbocycles. The molecule has 0 radical (unpaired) electrons. The summed E-state index contributed by atoms with van der Waals surface area (Å²) in [6, 6.07) is 4.41. The number of aromatic amines is 1. The highest BCUT2D eigenvalue weighted by Crippen LogP contribution is 2.29. The van der Waals surface area contributed by atoms with Gasteiger partial charge in [0.15, 0.2) is 0 Å². The van der Waals surface area contributed by atoms with E-state index in [4.69, 9.17) is 5.11 Å². The molecule has 8 heteroatoms. The number of hydrogen-bond acceptors (Lipinski definition) is 2. The van der Waals surface area contributed by atoms with Crippen LogP contribution in [0.5, 0.6) is 0 Å². The molecule has 0 aliphatic rings. The minimum absolute atomic E-state index is 0.0383. The lowest BCUT2D eigenvalue weighted by Gasteiger charge is -2.07. The second kappa shape index (κ2) is 5.47. The van der Waals surface area contributed by atoms with Crippen LogP contribution in [0.3, 0.4) is 0 Å². The monoisotopic (exact) mass is 300 g/mol. The molecule has 2 N–H and O–H groups in total. The van der Waals surface area contributed by atoms with Gasteiger partial charge in [-0.25, -0.2) is 4.68 Å². The quantitative estimate of drug-likeness (QED) is 0.905. The van der Waals surface area contributed by atoms with Gasteiger partial charge in [-0.2, -0.15) is 13.2 Å². The van der Waals surface area contributed by atoms with Crippen LogP contribution in [0.25, 0.3) is 0 Å². The van der Waals surface area contributed by atoms with Crippen molar-refractivity contribution in [2.45, 2.75) is 19.1 Å². The number of alkyl halides is 3. The van der Waals surface area contributed by atoms with Gasteiger partial charge in [0.05, 0.1) is 18.5 Å². The zero-order valence-electron chi connectivity index (χ0n) is 10.6. The fourth-order valence-electron chi connectivity index (χ4n) is 1.84. The van der Waals surface area contributed by atoms with Crippen LogP contribution < -0.4 is 5.56 Å². The number of halogens is 3. The van der Waals surface area contributed by atoms with Gasteiger partial charge < -0.3 is 10.2 Å². The van der Waals surface area contributed by atoms with Crippen molar-refractivity contribution >= 4 is 5.97 Å². The zero-order valence-corrected chi connectivity index (χ0v) is 10.6. The summed E-state index contributed by atoms with van der Waals surface area (Å²) < 4.78 is 38.4. The summed E-state index contributed by atoms with van der Waals surface area (Å²) in [7, 11) is 0. The van der Waals surface area contributed by atoms with E-state index in [-0.39, 0.29) is 12.1 Å². The molecule has 1 aromatic carbocycles. The SMILES string of the molecule is O=C(O)Cc1c[nH]n(Cc2ccc(C(F)(F)F)cc2)c1=O. The van der Waals surface area contributed by atoms with Crippen LogP contribution >= 0.6 is 0 Å². The molecule has 0 unspecified atom stereocenters. The van der Waals surface area contributed by atoms with E-state index in [2.05, 4.69) is 5.10 Å². The Labute approximate surface area is 116 Å². The van der Waals surface area contributed by atoms with Crippen molar-refractivity contribution in [3.05, 3.63) is 57.5 Å². The average Bonchev–Trinajstić information content (AvgIpc) is 2.70. The largest absolute Gasteiger partial charge is 0.481 e. The predicted octanol–water partition coefficient (Wildman–Crippen LogP) is 1.87. The molecule has 2 aromatic rings. The minimum Gasteiger partial charge on any atom is -0.481 e. The number of hydrogen-bond donors (Lipinski definition) is 2. The number of benzene rings is 1. The second-order valence-electron chi connectivity index (χ2n) is 4.46. The van der Waals surface area contributed by atoms with Crippen molar-refractivity contribution in [2.75, 3.05) is 0 Å². The van der Waals surface area contributed by atoms with Gasteiger partial charge in [-0.3, -0.25) is 9.59 Å². The maximum atomic E-state index is 12.4. The third kappa shape index (κ3) is 3.53. The molecular formula is C13H11F3N2O3. The number of carboxylic acid groups (broad SMARTS) is 1. The molecule has 0 spiro atoms. The zero-order chi connectivity index (χ0) is 15.6. The number of carbonyl (C=O) groups is 1. The molecule has 112 valence electrons. The Balaban J connectivity index is 2.17. The third-order valence-corrected chi connectivity index (χ3v) is 2.88. The van der Waals surface area contributed by atoms with Gasteiger partial charge in [0.2, 0.25) is 0 Å². The van der Waals surface area contributed by atoms with Crippen LogP contribution in [0.4, 0.5) is 13.2 Å². The van der Waals surface area contributed by atoms with E-state index in [1.165, 1.54) is 18.3 Å². The number of nitrogens with zero attached hydrogens (tertiary/aromatic N) is 1. The normalized spacial score (nSPS) is 11.6.